The number of anilines is 1. The van der Waals surface area contributed by atoms with E-state index in [4.69, 9.17) is 9.47 Å². The van der Waals surface area contributed by atoms with Gasteiger partial charge < -0.3 is 14.8 Å². The second-order valence-corrected chi connectivity index (χ2v) is 7.07. The van der Waals surface area contributed by atoms with Crippen LogP contribution < -0.4 is 15.6 Å². The van der Waals surface area contributed by atoms with Crippen LogP contribution in [-0.4, -0.2) is 35.0 Å². The predicted octanol–water partition coefficient (Wildman–Crippen LogP) is 2.98. The molecule has 1 fully saturated rings. The fourth-order valence-electron chi connectivity index (χ4n) is 3.34. The molecule has 1 aliphatic heterocycles. The summed E-state index contributed by atoms with van der Waals surface area (Å²) < 4.78 is 12.6. The number of nitrogens with one attached hydrogen (secondary N) is 1. The van der Waals surface area contributed by atoms with Crippen LogP contribution in [0.1, 0.15) is 19.3 Å². The van der Waals surface area contributed by atoms with Gasteiger partial charge in [-0.25, -0.2) is 4.68 Å². The van der Waals surface area contributed by atoms with E-state index in [1.54, 1.807) is 42.6 Å². The summed E-state index contributed by atoms with van der Waals surface area (Å²) >= 11 is 0. The van der Waals surface area contributed by atoms with Crippen molar-refractivity contribution in [3.8, 4) is 5.75 Å². The standard InChI is InChI=1S/C22H23N3O4/c26-21(14-25-22(27)20-7-2-1-5-16(20)13-23-25)24-17-8-10-18(11-9-17)29-15-19-6-3-4-12-28-19/h1-2,5,7-11,13,19H,3-4,6,12,14-15H2,(H,24,26). The molecule has 1 amide bonds. The maximum absolute atomic E-state index is 12.5. The Labute approximate surface area is 168 Å². The van der Waals surface area contributed by atoms with Crippen molar-refractivity contribution >= 4 is 22.4 Å². The van der Waals surface area contributed by atoms with Gasteiger partial charge in [0.25, 0.3) is 5.56 Å². The van der Waals surface area contributed by atoms with Gasteiger partial charge in [-0.05, 0) is 49.6 Å². The molecule has 0 radical (unpaired) electrons. The Morgan fingerprint density at radius 1 is 1.17 bits per heavy atom. The van der Waals surface area contributed by atoms with Crippen molar-refractivity contribution in [1.29, 1.82) is 0 Å². The highest BCUT2D eigenvalue weighted by atomic mass is 16.5. The van der Waals surface area contributed by atoms with Crippen molar-refractivity contribution in [2.75, 3.05) is 18.5 Å². The maximum Gasteiger partial charge on any atom is 0.275 e. The topological polar surface area (TPSA) is 82.5 Å². The molecule has 2 aromatic carbocycles. The molecule has 7 heteroatoms. The van der Waals surface area contributed by atoms with Crippen LogP contribution in [0.4, 0.5) is 5.69 Å². The number of hydrogen-bond acceptors (Lipinski definition) is 5. The molecule has 1 N–H and O–H groups in total. The van der Waals surface area contributed by atoms with Crippen LogP contribution in [0.5, 0.6) is 5.75 Å². The van der Waals surface area contributed by atoms with E-state index in [1.807, 2.05) is 12.1 Å². The van der Waals surface area contributed by atoms with Crippen molar-refractivity contribution in [1.82, 2.24) is 9.78 Å². The van der Waals surface area contributed by atoms with Crippen LogP contribution in [-0.2, 0) is 16.1 Å². The van der Waals surface area contributed by atoms with E-state index in [2.05, 4.69) is 10.4 Å². The molecular weight excluding hydrogens is 370 g/mol. The lowest BCUT2D eigenvalue weighted by atomic mass is 10.1. The molecule has 7 nitrogen and oxygen atoms in total. The quantitative estimate of drug-likeness (QED) is 0.696. The van der Waals surface area contributed by atoms with Crippen molar-refractivity contribution < 1.29 is 14.3 Å². The highest BCUT2D eigenvalue weighted by Gasteiger charge is 2.14. The largest absolute Gasteiger partial charge is 0.491 e. The summed E-state index contributed by atoms with van der Waals surface area (Å²) in [7, 11) is 0. The summed E-state index contributed by atoms with van der Waals surface area (Å²) in [5.41, 5.74) is 0.344. The Hall–Kier alpha value is -3.19. The van der Waals surface area contributed by atoms with Crippen LogP contribution >= 0.6 is 0 Å². The first-order valence-electron chi connectivity index (χ1n) is 9.78. The zero-order valence-electron chi connectivity index (χ0n) is 16.0. The summed E-state index contributed by atoms with van der Waals surface area (Å²) in [4.78, 5) is 24.8. The Morgan fingerprint density at radius 3 is 2.79 bits per heavy atom. The summed E-state index contributed by atoms with van der Waals surface area (Å²) in [6.45, 7) is 1.18. The number of nitrogens with zero attached hydrogens (tertiary/aromatic N) is 2. The molecular formula is C22H23N3O4. The van der Waals surface area contributed by atoms with Gasteiger partial charge in [0, 0.05) is 17.7 Å². The first-order valence-corrected chi connectivity index (χ1v) is 9.78. The highest BCUT2D eigenvalue weighted by molar-refractivity contribution is 5.90. The average Bonchev–Trinajstić information content (AvgIpc) is 2.76. The molecule has 1 saturated heterocycles. The Morgan fingerprint density at radius 2 is 2.00 bits per heavy atom. The minimum atomic E-state index is -0.320. The second kappa shape index (κ2) is 8.87. The van der Waals surface area contributed by atoms with E-state index in [-0.39, 0.29) is 24.1 Å². The van der Waals surface area contributed by atoms with Crippen LogP contribution in [0, 0.1) is 0 Å². The van der Waals surface area contributed by atoms with E-state index in [9.17, 15) is 9.59 Å². The van der Waals surface area contributed by atoms with Gasteiger partial charge in [-0.3, -0.25) is 9.59 Å². The molecule has 1 unspecified atom stereocenters. The highest BCUT2D eigenvalue weighted by Crippen LogP contribution is 2.18. The van der Waals surface area contributed by atoms with E-state index < -0.39 is 0 Å². The third-order valence-corrected chi connectivity index (χ3v) is 4.90. The number of hydrogen-bond donors (Lipinski definition) is 1. The summed E-state index contributed by atoms with van der Waals surface area (Å²) in [5, 5.41) is 8.16. The molecule has 3 aromatic rings. The van der Waals surface area contributed by atoms with Gasteiger partial charge >= 0.3 is 0 Å². The molecule has 2 heterocycles. The first kappa shape index (κ1) is 19.1. The van der Waals surface area contributed by atoms with Gasteiger partial charge in [0.15, 0.2) is 0 Å². The lowest BCUT2D eigenvalue weighted by molar-refractivity contribution is -0.117. The summed E-state index contributed by atoms with van der Waals surface area (Å²) in [6.07, 6.45) is 5.05. The SMILES string of the molecule is O=C(Cn1ncc2ccccc2c1=O)Nc1ccc(OCC2CCCCO2)cc1. The van der Waals surface area contributed by atoms with Crippen LogP contribution in [0.25, 0.3) is 10.8 Å². The van der Waals surface area contributed by atoms with E-state index in [1.165, 1.54) is 11.1 Å². The van der Waals surface area contributed by atoms with Gasteiger partial charge in [-0.15, -0.1) is 0 Å². The molecule has 0 saturated carbocycles. The molecule has 1 aromatic heterocycles. The number of carbonyl (C=O) groups is 1. The van der Waals surface area contributed by atoms with Crippen molar-refractivity contribution in [2.45, 2.75) is 31.9 Å². The van der Waals surface area contributed by atoms with Crippen LogP contribution in [0.3, 0.4) is 0 Å². The number of carbonyl (C=O) groups excluding carboxylic acids is 1. The van der Waals surface area contributed by atoms with Gasteiger partial charge in [-0.1, -0.05) is 18.2 Å². The molecule has 150 valence electrons. The normalized spacial score (nSPS) is 16.5. The smallest absolute Gasteiger partial charge is 0.275 e. The van der Waals surface area contributed by atoms with Gasteiger partial charge in [0.1, 0.15) is 18.9 Å². The van der Waals surface area contributed by atoms with Crippen molar-refractivity contribution in [3.05, 3.63) is 65.1 Å². The number of amides is 1. The first-order chi connectivity index (χ1) is 14.2. The summed E-state index contributed by atoms with van der Waals surface area (Å²) in [5.74, 6) is 0.406. The minimum absolute atomic E-state index is 0.149. The third-order valence-electron chi connectivity index (χ3n) is 4.90. The third kappa shape index (κ3) is 4.81. The molecule has 0 spiro atoms. The lowest BCUT2D eigenvalue weighted by Gasteiger charge is -2.22. The zero-order valence-corrected chi connectivity index (χ0v) is 16.0. The minimum Gasteiger partial charge on any atom is -0.491 e. The van der Waals surface area contributed by atoms with Gasteiger partial charge in [0.2, 0.25) is 5.91 Å². The number of fused-ring (bicyclic) bond motifs is 1. The fourth-order valence-corrected chi connectivity index (χ4v) is 3.34. The molecule has 1 atom stereocenters. The van der Waals surface area contributed by atoms with Crippen molar-refractivity contribution in [3.63, 3.8) is 0 Å². The Bertz CT molecular complexity index is 1040. The van der Waals surface area contributed by atoms with Gasteiger partial charge in [0.05, 0.1) is 17.7 Å². The summed E-state index contributed by atoms with van der Waals surface area (Å²) in [6, 6.07) is 14.3. The number of aromatic nitrogens is 2. The Balaban J connectivity index is 1.34. The molecule has 29 heavy (non-hydrogen) atoms. The second-order valence-electron chi connectivity index (χ2n) is 7.07. The number of benzene rings is 2. The average molecular weight is 393 g/mol. The zero-order chi connectivity index (χ0) is 20.1. The fraction of sp³-hybridized carbons (Fsp3) is 0.318. The number of rotatable bonds is 6. The van der Waals surface area contributed by atoms with Crippen molar-refractivity contribution in [2.24, 2.45) is 0 Å². The molecule has 4 rings (SSSR count). The predicted molar refractivity (Wildman–Crippen MR) is 110 cm³/mol. The molecule has 0 bridgehead atoms. The Kier molecular flexibility index (Phi) is 5.86. The van der Waals surface area contributed by atoms with E-state index in [0.717, 1.165) is 30.6 Å². The monoisotopic (exact) mass is 393 g/mol. The van der Waals surface area contributed by atoms with Crippen LogP contribution in [0.2, 0.25) is 0 Å². The maximum atomic E-state index is 12.5. The van der Waals surface area contributed by atoms with E-state index in [0.29, 0.717) is 17.7 Å². The van der Waals surface area contributed by atoms with Gasteiger partial charge in [-0.2, -0.15) is 5.10 Å². The lowest BCUT2D eigenvalue weighted by Crippen LogP contribution is -2.29. The molecule has 1 aliphatic rings. The van der Waals surface area contributed by atoms with E-state index >= 15 is 0 Å². The van der Waals surface area contributed by atoms with Crippen LogP contribution in [0.15, 0.2) is 59.5 Å². The number of ether oxygens (including phenoxy) is 2. The molecule has 0 aliphatic carbocycles.